The van der Waals surface area contributed by atoms with Crippen LogP contribution in [0.25, 0.3) is 0 Å². The van der Waals surface area contributed by atoms with Gasteiger partial charge in [-0.1, -0.05) is 0 Å². The molecule has 5 nitrogen and oxygen atoms in total. The first kappa shape index (κ1) is 9.94. The molecule has 1 rings (SSSR count). The van der Waals surface area contributed by atoms with Crippen LogP contribution in [0, 0.1) is 0 Å². The number of aromatic nitrogens is 1. The molecule has 72 valence electrons. The van der Waals surface area contributed by atoms with E-state index in [-0.39, 0.29) is 12.3 Å². The van der Waals surface area contributed by atoms with E-state index < -0.39 is 10.1 Å². The Kier molecular flexibility index (Phi) is 2.84. The van der Waals surface area contributed by atoms with Gasteiger partial charge in [0.15, 0.2) is 18.9 Å². The lowest BCUT2D eigenvalue weighted by Gasteiger charge is -1.95. The van der Waals surface area contributed by atoms with E-state index in [1.165, 1.54) is 0 Å². The zero-order valence-electron chi connectivity index (χ0n) is 6.92. The third-order valence-corrected chi connectivity index (χ3v) is 2.22. The van der Waals surface area contributed by atoms with Gasteiger partial charge in [-0.05, 0) is 0 Å². The Morgan fingerprint density at radius 1 is 1.38 bits per heavy atom. The number of pyridine rings is 1. The SMILES string of the molecule is Nc1cc[n+](CCS(=O)(=O)O)cc1. The molecule has 0 spiro atoms. The van der Waals surface area contributed by atoms with Gasteiger partial charge in [0.05, 0.1) is 0 Å². The Morgan fingerprint density at radius 3 is 2.38 bits per heavy atom. The Bertz CT molecular complexity index is 371. The highest BCUT2D eigenvalue weighted by Crippen LogP contribution is 1.93. The summed E-state index contributed by atoms with van der Waals surface area (Å²) in [5, 5.41) is 0. The van der Waals surface area contributed by atoms with Gasteiger partial charge in [0, 0.05) is 17.8 Å². The van der Waals surface area contributed by atoms with Crippen LogP contribution in [-0.4, -0.2) is 18.7 Å². The van der Waals surface area contributed by atoms with E-state index in [2.05, 4.69) is 0 Å². The number of aryl methyl sites for hydroxylation is 1. The summed E-state index contributed by atoms with van der Waals surface area (Å²) in [7, 11) is -3.88. The topological polar surface area (TPSA) is 84.3 Å². The van der Waals surface area contributed by atoms with E-state index in [1.54, 1.807) is 29.1 Å². The number of nitrogens with zero attached hydrogens (tertiary/aromatic N) is 1. The van der Waals surface area contributed by atoms with Crippen molar-refractivity contribution < 1.29 is 17.5 Å². The minimum Gasteiger partial charge on any atom is -0.398 e. The van der Waals surface area contributed by atoms with Crippen molar-refractivity contribution in [2.75, 3.05) is 11.5 Å². The number of nitrogen functional groups attached to an aromatic ring is 1. The van der Waals surface area contributed by atoms with Crippen molar-refractivity contribution >= 4 is 15.8 Å². The van der Waals surface area contributed by atoms with Crippen molar-refractivity contribution in [1.29, 1.82) is 0 Å². The summed E-state index contributed by atoms with van der Waals surface area (Å²) in [4.78, 5) is 0. The lowest BCUT2D eigenvalue weighted by atomic mass is 10.4. The molecular formula is C7H11N2O3S+. The monoisotopic (exact) mass is 203 g/mol. The highest BCUT2D eigenvalue weighted by molar-refractivity contribution is 7.85. The van der Waals surface area contributed by atoms with Crippen LogP contribution in [-0.2, 0) is 16.7 Å². The minimum atomic E-state index is -3.88. The highest BCUT2D eigenvalue weighted by atomic mass is 32.2. The van der Waals surface area contributed by atoms with Crippen molar-refractivity contribution in [3.05, 3.63) is 24.5 Å². The van der Waals surface area contributed by atoms with Gasteiger partial charge in [-0.2, -0.15) is 8.42 Å². The molecule has 0 saturated carbocycles. The lowest BCUT2D eigenvalue weighted by Crippen LogP contribution is -2.36. The number of nitrogens with two attached hydrogens (primary N) is 1. The summed E-state index contributed by atoms with van der Waals surface area (Å²) >= 11 is 0. The van der Waals surface area contributed by atoms with E-state index in [0.717, 1.165) is 0 Å². The summed E-state index contributed by atoms with van der Waals surface area (Å²) in [6.45, 7) is 0.221. The van der Waals surface area contributed by atoms with Crippen molar-refractivity contribution in [2.45, 2.75) is 6.54 Å². The highest BCUT2D eigenvalue weighted by Gasteiger charge is 2.08. The molecule has 6 heteroatoms. The molecule has 0 amide bonds. The fraction of sp³-hybridized carbons (Fsp3) is 0.286. The van der Waals surface area contributed by atoms with Crippen LogP contribution in [0.4, 0.5) is 5.69 Å². The smallest absolute Gasteiger partial charge is 0.271 e. The molecule has 0 aromatic carbocycles. The zero-order valence-corrected chi connectivity index (χ0v) is 7.74. The van der Waals surface area contributed by atoms with Crippen LogP contribution in [0.1, 0.15) is 0 Å². The first-order chi connectivity index (χ1) is 5.97. The maximum atomic E-state index is 10.4. The molecule has 1 aromatic rings. The third-order valence-electron chi connectivity index (χ3n) is 1.52. The number of hydrogen-bond acceptors (Lipinski definition) is 3. The van der Waals surface area contributed by atoms with Gasteiger partial charge < -0.3 is 5.73 Å². The van der Waals surface area contributed by atoms with Crippen LogP contribution in [0.3, 0.4) is 0 Å². The minimum absolute atomic E-state index is 0.221. The molecule has 0 aliphatic rings. The van der Waals surface area contributed by atoms with Crippen molar-refractivity contribution in [2.24, 2.45) is 0 Å². The van der Waals surface area contributed by atoms with E-state index in [9.17, 15) is 8.42 Å². The summed E-state index contributed by atoms with van der Waals surface area (Å²) in [5.74, 6) is -0.290. The van der Waals surface area contributed by atoms with Crippen LogP contribution in [0.5, 0.6) is 0 Å². The molecular weight excluding hydrogens is 192 g/mol. The van der Waals surface area contributed by atoms with Crippen LogP contribution in [0.15, 0.2) is 24.5 Å². The average Bonchev–Trinajstić information content (AvgIpc) is 2.02. The molecule has 0 aliphatic heterocycles. The molecule has 0 bridgehead atoms. The van der Waals surface area contributed by atoms with E-state index in [4.69, 9.17) is 10.3 Å². The predicted molar refractivity (Wildman–Crippen MR) is 47.5 cm³/mol. The first-order valence-electron chi connectivity index (χ1n) is 3.67. The Labute approximate surface area is 76.6 Å². The first-order valence-corrected chi connectivity index (χ1v) is 5.28. The van der Waals surface area contributed by atoms with Gasteiger partial charge in [-0.25, -0.2) is 4.57 Å². The molecule has 3 N–H and O–H groups in total. The fourth-order valence-electron chi connectivity index (χ4n) is 0.839. The lowest BCUT2D eigenvalue weighted by molar-refractivity contribution is -0.692. The van der Waals surface area contributed by atoms with Gasteiger partial charge in [0.25, 0.3) is 10.1 Å². The van der Waals surface area contributed by atoms with Gasteiger partial charge in [0.2, 0.25) is 0 Å². The molecule has 1 heterocycles. The molecule has 0 aliphatic carbocycles. The predicted octanol–water partition coefficient (Wildman–Crippen LogP) is -0.556. The Hall–Kier alpha value is -1.14. The van der Waals surface area contributed by atoms with Crippen molar-refractivity contribution in [1.82, 2.24) is 0 Å². The van der Waals surface area contributed by atoms with E-state index in [0.29, 0.717) is 5.69 Å². The number of anilines is 1. The standard InChI is InChI=1S/C7H10N2O3S/c8-7-1-3-9(4-2-7)5-6-13(10,11)12/h1-4,8H,5-6H2,(H,10,11,12)/p+1. The largest absolute Gasteiger partial charge is 0.398 e. The van der Waals surface area contributed by atoms with Crippen molar-refractivity contribution in [3.63, 3.8) is 0 Å². The molecule has 13 heavy (non-hydrogen) atoms. The Morgan fingerprint density at radius 2 is 1.92 bits per heavy atom. The Balaban J connectivity index is 2.61. The summed E-state index contributed by atoms with van der Waals surface area (Å²) < 4.78 is 30.9. The van der Waals surface area contributed by atoms with Crippen LogP contribution in [0.2, 0.25) is 0 Å². The molecule has 1 aromatic heterocycles. The van der Waals surface area contributed by atoms with Gasteiger partial charge in [-0.3, -0.25) is 4.55 Å². The van der Waals surface area contributed by atoms with Crippen LogP contribution >= 0.6 is 0 Å². The van der Waals surface area contributed by atoms with Gasteiger partial charge >= 0.3 is 0 Å². The average molecular weight is 203 g/mol. The molecule has 0 fully saturated rings. The quantitative estimate of drug-likeness (QED) is 0.509. The second-order valence-corrected chi connectivity index (χ2v) is 4.23. The zero-order chi connectivity index (χ0) is 9.90. The van der Waals surface area contributed by atoms with E-state index in [1.807, 2.05) is 0 Å². The second kappa shape index (κ2) is 3.71. The molecule has 0 unspecified atom stereocenters. The van der Waals surface area contributed by atoms with Gasteiger partial charge in [0.1, 0.15) is 5.75 Å². The van der Waals surface area contributed by atoms with Crippen LogP contribution < -0.4 is 10.3 Å². The summed E-state index contributed by atoms with van der Waals surface area (Å²) in [6, 6.07) is 3.31. The maximum absolute atomic E-state index is 10.4. The second-order valence-electron chi connectivity index (χ2n) is 2.66. The number of rotatable bonds is 3. The molecule has 0 saturated heterocycles. The molecule has 0 radical (unpaired) electrons. The fourth-order valence-corrected chi connectivity index (χ4v) is 1.28. The summed E-state index contributed by atoms with van der Waals surface area (Å²) in [5.41, 5.74) is 6.04. The normalized spacial score (nSPS) is 11.5. The summed E-state index contributed by atoms with van der Waals surface area (Å²) in [6.07, 6.45) is 3.31. The number of hydrogen-bond donors (Lipinski definition) is 2. The molecule has 0 atom stereocenters. The maximum Gasteiger partial charge on any atom is 0.271 e. The van der Waals surface area contributed by atoms with Gasteiger partial charge in [-0.15, -0.1) is 0 Å². The van der Waals surface area contributed by atoms with Crippen molar-refractivity contribution in [3.8, 4) is 0 Å². The third kappa shape index (κ3) is 3.86. The van der Waals surface area contributed by atoms with E-state index >= 15 is 0 Å².